The maximum atomic E-state index is 12.9. The zero-order chi connectivity index (χ0) is 18.8. The lowest BCUT2D eigenvalue weighted by Gasteiger charge is -2.37. The van der Waals surface area contributed by atoms with Crippen LogP contribution in [0.25, 0.3) is 0 Å². The third kappa shape index (κ3) is 3.10. The summed E-state index contributed by atoms with van der Waals surface area (Å²) in [4.78, 5) is 25.1. The first-order valence-electron chi connectivity index (χ1n) is 8.52. The molecule has 0 radical (unpaired) electrons. The Hall–Kier alpha value is -3.03. The van der Waals surface area contributed by atoms with Gasteiger partial charge in [-0.05, 0) is 31.5 Å². The number of hydrogen-bond donors (Lipinski definition) is 1. The van der Waals surface area contributed by atoms with E-state index in [0.717, 1.165) is 18.7 Å². The number of carbonyl (C=O) groups excluding carboxylic acids is 1. The second kappa shape index (κ2) is 7.07. The second-order valence-electron chi connectivity index (χ2n) is 6.24. The van der Waals surface area contributed by atoms with Crippen LogP contribution >= 0.6 is 0 Å². The number of urea groups is 1. The number of benzene rings is 1. The molecule has 2 amide bonds. The summed E-state index contributed by atoms with van der Waals surface area (Å²) in [7, 11) is 1.42. The van der Waals surface area contributed by atoms with Gasteiger partial charge in [0.05, 0.1) is 29.8 Å². The predicted octanol–water partition coefficient (Wildman–Crippen LogP) is 3.71. The fourth-order valence-corrected chi connectivity index (χ4v) is 3.47. The average Bonchev–Trinajstić information content (AvgIpc) is 3.02. The van der Waals surface area contributed by atoms with Crippen LogP contribution in [0.1, 0.15) is 30.8 Å². The molecule has 26 heavy (non-hydrogen) atoms. The summed E-state index contributed by atoms with van der Waals surface area (Å²) >= 11 is 0. The van der Waals surface area contributed by atoms with Gasteiger partial charge in [-0.15, -0.1) is 0 Å². The number of fused-ring (bicyclic) bond motifs is 1. The largest absolute Gasteiger partial charge is 0.494 e. The Labute approximate surface area is 151 Å². The SMILES string of the molecule is CC[C@H]1c2ccc(C)n2CCN1C(=O)Nc1ccc([N+](=O)[O-])cc1OC. The Morgan fingerprint density at radius 3 is 2.77 bits per heavy atom. The van der Waals surface area contributed by atoms with E-state index in [1.54, 1.807) is 4.90 Å². The molecule has 8 nitrogen and oxygen atoms in total. The highest BCUT2D eigenvalue weighted by molar-refractivity contribution is 5.91. The fourth-order valence-electron chi connectivity index (χ4n) is 3.47. The molecular weight excluding hydrogens is 336 g/mol. The summed E-state index contributed by atoms with van der Waals surface area (Å²) in [5.74, 6) is 0.261. The molecule has 0 spiro atoms. The standard InChI is InChI=1S/C18H22N4O4/c1-4-15-16-8-5-12(2)20(16)9-10-21(15)18(23)19-14-7-6-13(22(24)25)11-17(14)26-3/h5-8,11,15H,4,9-10H2,1-3H3,(H,19,23)/t15-/m0/s1. The van der Waals surface area contributed by atoms with Crippen molar-refractivity contribution in [2.24, 2.45) is 0 Å². The van der Waals surface area contributed by atoms with Gasteiger partial charge < -0.3 is 19.5 Å². The van der Waals surface area contributed by atoms with Crippen molar-refractivity contribution in [3.05, 3.63) is 51.8 Å². The summed E-state index contributed by atoms with van der Waals surface area (Å²) in [5.41, 5.74) is 2.64. The Kier molecular flexibility index (Phi) is 4.83. The molecule has 1 aromatic carbocycles. The number of nitrogens with one attached hydrogen (secondary N) is 1. The monoisotopic (exact) mass is 358 g/mol. The highest BCUT2D eigenvalue weighted by atomic mass is 16.6. The van der Waals surface area contributed by atoms with Crippen molar-refractivity contribution in [2.75, 3.05) is 19.0 Å². The number of methoxy groups -OCH3 is 1. The van der Waals surface area contributed by atoms with Crippen molar-refractivity contribution in [1.29, 1.82) is 0 Å². The number of amides is 2. The zero-order valence-corrected chi connectivity index (χ0v) is 15.1. The Morgan fingerprint density at radius 2 is 2.12 bits per heavy atom. The third-order valence-electron chi connectivity index (χ3n) is 4.80. The van der Waals surface area contributed by atoms with E-state index in [1.165, 1.54) is 31.0 Å². The van der Waals surface area contributed by atoms with E-state index in [9.17, 15) is 14.9 Å². The molecule has 1 aromatic heterocycles. The van der Waals surface area contributed by atoms with Crippen molar-refractivity contribution in [2.45, 2.75) is 32.9 Å². The minimum absolute atomic E-state index is 0.0125. The fraction of sp³-hybridized carbons (Fsp3) is 0.389. The molecule has 0 fully saturated rings. The highest BCUT2D eigenvalue weighted by Gasteiger charge is 2.30. The number of non-ortho nitro benzene ring substituents is 1. The van der Waals surface area contributed by atoms with E-state index in [2.05, 4.69) is 35.9 Å². The summed E-state index contributed by atoms with van der Waals surface area (Å²) in [5, 5.41) is 13.7. The zero-order valence-electron chi connectivity index (χ0n) is 15.1. The van der Waals surface area contributed by atoms with Gasteiger partial charge in [-0.1, -0.05) is 6.92 Å². The Morgan fingerprint density at radius 1 is 1.35 bits per heavy atom. The van der Waals surface area contributed by atoms with Gasteiger partial charge in [0.25, 0.3) is 5.69 Å². The van der Waals surface area contributed by atoms with E-state index in [-0.39, 0.29) is 23.5 Å². The second-order valence-corrected chi connectivity index (χ2v) is 6.24. The quantitative estimate of drug-likeness (QED) is 0.666. The lowest BCUT2D eigenvalue weighted by atomic mass is 10.1. The molecule has 0 aliphatic carbocycles. The number of carbonyl (C=O) groups is 1. The van der Waals surface area contributed by atoms with Gasteiger partial charge in [-0.2, -0.15) is 0 Å². The van der Waals surface area contributed by atoms with Crippen LogP contribution in [0.3, 0.4) is 0 Å². The van der Waals surface area contributed by atoms with Crippen molar-refractivity contribution in [3.63, 3.8) is 0 Å². The number of aryl methyl sites for hydroxylation is 1. The van der Waals surface area contributed by atoms with Gasteiger partial charge in [0.2, 0.25) is 0 Å². The van der Waals surface area contributed by atoms with Crippen LogP contribution in [0.5, 0.6) is 5.75 Å². The highest BCUT2D eigenvalue weighted by Crippen LogP contribution is 2.33. The van der Waals surface area contributed by atoms with Crippen LogP contribution in [0.4, 0.5) is 16.2 Å². The maximum Gasteiger partial charge on any atom is 0.322 e. The number of ether oxygens (including phenoxy) is 1. The van der Waals surface area contributed by atoms with E-state index in [1.807, 2.05) is 0 Å². The molecule has 0 saturated heterocycles. The first-order chi connectivity index (χ1) is 12.5. The van der Waals surface area contributed by atoms with Gasteiger partial charge in [0, 0.05) is 30.5 Å². The minimum Gasteiger partial charge on any atom is -0.494 e. The summed E-state index contributed by atoms with van der Waals surface area (Å²) in [6.07, 6.45) is 0.800. The molecule has 0 saturated carbocycles. The Bertz CT molecular complexity index is 846. The molecule has 1 aliphatic heterocycles. The van der Waals surface area contributed by atoms with E-state index in [0.29, 0.717) is 12.2 Å². The smallest absolute Gasteiger partial charge is 0.322 e. The Balaban J connectivity index is 1.83. The average molecular weight is 358 g/mol. The van der Waals surface area contributed by atoms with E-state index in [4.69, 9.17) is 4.74 Å². The van der Waals surface area contributed by atoms with Crippen LogP contribution in [-0.2, 0) is 6.54 Å². The van der Waals surface area contributed by atoms with Crippen LogP contribution in [0.2, 0.25) is 0 Å². The van der Waals surface area contributed by atoms with Crippen LogP contribution < -0.4 is 10.1 Å². The molecule has 0 bridgehead atoms. The first-order valence-corrected chi connectivity index (χ1v) is 8.52. The molecule has 138 valence electrons. The molecule has 3 rings (SSSR count). The molecule has 1 N–H and O–H groups in total. The molecule has 2 aromatic rings. The van der Waals surface area contributed by atoms with Crippen molar-refractivity contribution >= 4 is 17.4 Å². The van der Waals surface area contributed by atoms with Gasteiger partial charge in [-0.25, -0.2) is 4.79 Å². The van der Waals surface area contributed by atoms with Gasteiger partial charge in [-0.3, -0.25) is 10.1 Å². The summed E-state index contributed by atoms with van der Waals surface area (Å²) in [6, 6.07) is 8.02. The molecule has 8 heteroatoms. The lowest BCUT2D eigenvalue weighted by Crippen LogP contribution is -2.44. The van der Waals surface area contributed by atoms with Gasteiger partial charge in [0.1, 0.15) is 5.75 Å². The normalized spacial score (nSPS) is 16.1. The predicted molar refractivity (Wildman–Crippen MR) is 97.6 cm³/mol. The van der Waals surface area contributed by atoms with Crippen LogP contribution in [0.15, 0.2) is 30.3 Å². The van der Waals surface area contributed by atoms with Crippen LogP contribution in [0, 0.1) is 17.0 Å². The number of rotatable bonds is 4. The van der Waals surface area contributed by atoms with Crippen molar-refractivity contribution in [1.82, 2.24) is 9.47 Å². The third-order valence-corrected chi connectivity index (χ3v) is 4.80. The van der Waals surface area contributed by atoms with Crippen molar-refractivity contribution < 1.29 is 14.5 Å². The lowest BCUT2D eigenvalue weighted by molar-refractivity contribution is -0.384. The molecule has 1 aliphatic rings. The first kappa shape index (κ1) is 17.8. The number of nitrogens with zero attached hydrogens (tertiary/aromatic N) is 3. The number of nitro benzene ring substituents is 1. The summed E-state index contributed by atoms with van der Waals surface area (Å²) < 4.78 is 7.44. The molecular formula is C18H22N4O4. The van der Waals surface area contributed by atoms with E-state index < -0.39 is 4.92 Å². The topological polar surface area (TPSA) is 89.6 Å². The van der Waals surface area contributed by atoms with Crippen LogP contribution in [-0.4, -0.2) is 34.1 Å². The minimum atomic E-state index is -0.498. The van der Waals surface area contributed by atoms with E-state index >= 15 is 0 Å². The molecule has 0 unspecified atom stereocenters. The molecule has 1 atom stereocenters. The maximum absolute atomic E-state index is 12.9. The number of anilines is 1. The number of nitro groups is 1. The van der Waals surface area contributed by atoms with Gasteiger partial charge in [0.15, 0.2) is 0 Å². The summed E-state index contributed by atoms with van der Waals surface area (Å²) in [6.45, 7) is 5.46. The van der Waals surface area contributed by atoms with Crippen molar-refractivity contribution in [3.8, 4) is 5.75 Å². The number of aromatic nitrogens is 1. The van der Waals surface area contributed by atoms with Gasteiger partial charge >= 0.3 is 6.03 Å². The molecule has 2 heterocycles. The number of hydrogen-bond acceptors (Lipinski definition) is 4.